The Labute approximate surface area is 135 Å². The number of rotatable bonds is 2. The van der Waals surface area contributed by atoms with E-state index in [4.69, 9.17) is 0 Å². The van der Waals surface area contributed by atoms with Crippen LogP contribution in [-0.4, -0.2) is 28.9 Å². The van der Waals surface area contributed by atoms with Gasteiger partial charge in [-0.3, -0.25) is 13.8 Å². The Morgan fingerprint density at radius 1 is 1.29 bits per heavy atom. The fourth-order valence-electron chi connectivity index (χ4n) is 3.12. The summed E-state index contributed by atoms with van der Waals surface area (Å²) in [5.41, 5.74) is 1.56. The Balaban J connectivity index is 1.85. The Hall–Kier alpha value is -3.03. The van der Waals surface area contributed by atoms with Crippen LogP contribution in [0.3, 0.4) is 0 Å². The van der Waals surface area contributed by atoms with Gasteiger partial charge in [0.1, 0.15) is 12.1 Å². The van der Waals surface area contributed by atoms with E-state index in [2.05, 4.69) is 15.3 Å². The number of hydrogen-bond donors (Lipinski definition) is 0. The van der Waals surface area contributed by atoms with Gasteiger partial charge in [-0.25, -0.2) is 9.37 Å². The molecule has 0 aliphatic heterocycles. The van der Waals surface area contributed by atoms with E-state index in [1.54, 1.807) is 34.6 Å². The normalized spacial score (nSPS) is 14.8. The zero-order valence-electron chi connectivity index (χ0n) is 12.8. The molecule has 5 rings (SSSR count). The Morgan fingerprint density at radius 2 is 2.12 bits per heavy atom. The molecule has 1 saturated carbocycles. The number of nitrogens with zero attached hydrogens (tertiary/aromatic N) is 6. The average Bonchev–Trinajstić information content (AvgIpc) is 3.14. The molecular formula is C16H13FN6O. The molecule has 120 valence electrons. The van der Waals surface area contributed by atoms with Crippen LogP contribution in [0.2, 0.25) is 0 Å². The largest absolute Gasteiger partial charge is 0.294 e. The van der Waals surface area contributed by atoms with Crippen molar-refractivity contribution < 1.29 is 4.39 Å². The van der Waals surface area contributed by atoms with Crippen LogP contribution in [0.15, 0.2) is 35.5 Å². The monoisotopic (exact) mass is 324 g/mol. The predicted octanol–water partition coefficient (Wildman–Crippen LogP) is 1.78. The maximum absolute atomic E-state index is 14.1. The van der Waals surface area contributed by atoms with Gasteiger partial charge in [-0.1, -0.05) is 11.3 Å². The molecule has 4 aromatic rings. The molecule has 24 heavy (non-hydrogen) atoms. The number of imidazole rings is 1. The summed E-state index contributed by atoms with van der Waals surface area (Å²) < 4.78 is 18.8. The molecule has 3 aromatic heterocycles. The van der Waals surface area contributed by atoms with Crippen LogP contribution in [0.4, 0.5) is 4.39 Å². The molecule has 0 radical (unpaired) electrons. The van der Waals surface area contributed by atoms with Crippen molar-refractivity contribution in [2.24, 2.45) is 7.05 Å². The van der Waals surface area contributed by atoms with E-state index >= 15 is 0 Å². The Morgan fingerprint density at radius 3 is 2.92 bits per heavy atom. The minimum atomic E-state index is -0.540. The summed E-state index contributed by atoms with van der Waals surface area (Å²) in [4.78, 5) is 17.0. The lowest BCUT2D eigenvalue weighted by Crippen LogP contribution is -2.21. The van der Waals surface area contributed by atoms with Crippen LogP contribution < -0.4 is 5.56 Å². The number of halogens is 1. The van der Waals surface area contributed by atoms with Crippen LogP contribution in [0.5, 0.6) is 0 Å². The van der Waals surface area contributed by atoms with Gasteiger partial charge in [0.25, 0.3) is 5.56 Å². The van der Waals surface area contributed by atoms with E-state index in [1.807, 2.05) is 6.20 Å². The first-order valence-corrected chi connectivity index (χ1v) is 7.72. The molecule has 0 bridgehead atoms. The Kier molecular flexibility index (Phi) is 2.51. The van der Waals surface area contributed by atoms with Gasteiger partial charge >= 0.3 is 0 Å². The smallest absolute Gasteiger partial charge is 0.264 e. The summed E-state index contributed by atoms with van der Waals surface area (Å²) in [6.07, 6.45) is 5.68. The summed E-state index contributed by atoms with van der Waals surface area (Å²) in [5, 5.41) is 8.38. The SMILES string of the molecule is Cn1c(=O)c2c(F)cccc2n2cnc(-n3cc(C4CC4)nn3)c12. The molecule has 1 aliphatic carbocycles. The van der Waals surface area contributed by atoms with Crippen molar-refractivity contribution >= 4 is 16.6 Å². The lowest BCUT2D eigenvalue weighted by Gasteiger charge is -2.08. The fourth-order valence-corrected chi connectivity index (χ4v) is 3.12. The van der Waals surface area contributed by atoms with E-state index in [-0.39, 0.29) is 5.39 Å². The zero-order chi connectivity index (χ0) is 16.4. The average molecular weight is 324 g/mol. The molecule has 0 saturated heterocycles. The van der Waals surface area contributed by atoms with E-state index in [9.17, 15) is 9.18 Å². The zero-order valence-corrected chi connectivity index (χ0v) is 12.8. The van der Waals surface area contributed by atoms with Crippen LogP contribution in [-0.2, 0) is 7.05 Å². The topological polar surface area (TPSA) is 70.0 Å². The minimum Gasteiger partial charge on any atom is -0.294 e. The predicted molar refractivity (Wildman–Crippen MR) is 84.8 cm³/mol. The third-order valence-electron chi connectivity index (χ3n) is 4.53. The third-order valence-corrected chi connectivity index (χ3v) is 4.53. The van der Waals surface area contributed by atoms with Gasteiger partial charge in [0, 0.05) is 13.0 Å². The van der Waals surface area contributed by atoms with Crippen LogP contribution in [0, 0.1) is 5.82 Å². The van der Waals surface area contributed by atoms with Gasteiger partial charge in [0.05, 0.1) is 22.8 Å². The lowest BCUT2D eigenvalue weighted by atomic mass is 10.2. The molecule has 1 aliphatic rings. The molecule has 1 aromatic carbocycles. The molecule has 7 nitrogen and oxygen atoms in total. The third kappa shape index (κ3) is 1.70. The van der Waals surface area contributed by atoms with Gasteiger partial charge in [0.15, 0.2) is 11.5 Å². The highest BCUT2D eigenvalue weighted by atomic mass is 19.1. The number of aryl methyl sites for hydroxylation is 1. The molecule has 0 unspecified atom stereocenters. The fraction of sp³-hybridized carbons (Fsp3) is 0.250. The quantitative estimate of drug-likeness (QED) is 0.563. The number of hydrogen-bond acceptors (Lipinski definition) is 4. The first kappa shape index (κ1) is 13.4. The summed E-state index contributed by atoms with van der Waals surface area (Å²) >= 11 is 0. The highest BCUT2D eigenvalue weighted by Crippen LogP contribution is 2.38. The van der Waals surface area contributed by atoms with Gasteiger partial charge in [-0.15, -0.1) is 5.10 Å². The molecule has 0 atom stereocenters. The van der Waals surface area contributed by atoms with E-state index in [0.717, 1.165) is 18.5 Å². The highest BCUT2D eigenvalue weighted by molar-refractivity contribution is 5.82. The van der Waals surface area contributed by atoms with Gasteiger partial charge < -0.3 is 0 Å². The molecule has 1 fully saturated rings. The van der Waals surface area contributed by atoms with Crippen LogP contribution in [0.1, 0.15) is 24.5 Å². The number of aromatic nitrogens is 6. The first-order valence-electron chi connectivity index (χ1n) is 7.72. The standard InChI is InChI=1S/C16H13FN6O/c1-21-15-14(23-7-11(19-20-23)9-5-6-9)18-8-22(15)12-4-2-3-10(17)13(12)16(21)24/h2-4,7-9H,5-6H2,1H3. The van der Waals surface area contributed by atoms with Crippen LogP contribution in [0.25, 0.3) is 22.4 Å². The number of fused-ring (bicyclic) bond motifs is 3. The van der Waals surface area contributed by atoms with Crippen molar-refractivity contribution in [1.29, 1.82) is 0 Å². The second-order valence-corrected chi connectivity index (χ2v) is 6.12. The van der Waals surface area contributed by atoms with Crippen molar-refractivity contribution in [1.82, 2.24) is 28.9 Å². The minimum absolute atomic E-state index is 0.0497. The second-order valence-electron chi connectivity index (χ2n) is 6.12. The number of benzene rings is 1. The molecule has 0 spiro atoms. The van der Waals surface area contributed by atoms with E-state index in [0.29, 0.717) is 22.9 Å². The first-order chi connectivity index (χ1) is 11.6. The summed E-state index contributed by atoms with van der Waals surface area (Å²) in [6, 6.07) is 4.57. The molecule has 8 heteroatoms. The van der Waals surface area contributed by atoms with Crippen molar-refractivity contribution in [3.05, 3.63) is 52.6 Å². The van der Waals surface area contributed by atoms with Crippen LogP contribution >= 0.6 is 0 Å². The van der Waals surface area contributed by atoms with Crippen molar-refractivity contribution in [2.45, 2.75) is 18.8 Å². The maximum atomic E-state index is 14.1. The van der Waals surface area contributed by atoms with Gasteiger partial charge in [0.2, 0.25) is 0 Å². The van der Waals surface area contributed by atoms with Crippen molar-refractivity contribution in [3.8, 4) is 5.82 Å². The lowest BCUT2D eigenvalue weighted by molar-refractivity contribution is 0.636. The molecule has 3 heterocycles. The second kappa shape index (κ2) is 4.50. The van der Waals surface area contributed by atoms with Crippen molar-refractivity contribution in [2.75, 3.05) is 0 Å². The highest BCUT2D eigenvalue weighted by Gasteiger charge is 2.27. The van der Waals surface area contributed by atoms with E-state index in [1.165, 1.54) is 10.6 Å². The summed E-state index contributed by atoms with van der Waals surface area (Å²) in [7, 11) is 1.60. The summed E-state index contributed by atoms with van der Waals surface area (Å²) in [5.74, 6) is 0.438. The molecule has 0 N–H and O–H groups in total. The van der Waals surface area contributed by atoms with Crippen molar-refractivity contribution in [3.63, 3.8) is 0 Å². The Bertz CT molecular complexity index is 1170. The van der Waals surface area contributed by atoms with E-state index < -0.39 is 11.4 Å². The maximum Gasteiger partial charge on any atom is 0.264 e. The van der Waals surface area contributed by atoms with Gasteiger partial charge in [-0.2, -0.15) is 4.68 Å². The molecular weight excluding hydrogens is 311 g/mol. The molecule has 0 amide bonds. The summed E-state index contributed by atoms with van der Waals surface area (Å²) in [6.45, 7) is 0. The van der Waals surface area contributed by atoms with Gasteiger partial charge in [-0.05, 0) is 25.0 Å².